The van der Waals surface area contributed by atoms with E-state index in [1.807, 2.05) is 30.3 Å². The maximum atomic E-state index is 9.57. The fourth-order valence-electron chi connectivity index (χ4n) is 2.21. The Labute approximate surface area is 135 Å². The molecule has 2 aromatic rings. The van der Waals surface area contributed by atoms with Gasteiger partial charge in [0, 0.05) is 30.9 Å². The SMILES string of the molecule is CN=C(NCCc1cccs1)NCC(CO)c1ccccc1. The molecule has 0 bridgehead atoms. The van der Waals surface area contributed by atoms with E-state index in [-0.39, 0.29) is 12.5 Å². The van der Waals surface area contributed by atoms with Gasteiger partial charge >= 0.3 is 0 Å². The van der Waals surface area contributed by atoms with E-state index in [0.717, 1.165) is 24.5 Å². The van der Waals surface area contributed by atoms with Gasteiger partial charge in [0.25, 0.3) is 0 Å². The molecule has 1 aromatic carbocycles. The highest BCUT2D eigenvalue weighted by Crippen LogP contribution is 2.13. The highest BCUT2D eigenvalue weighted by molar-refractivity contribution is 7.09. The average Bonchev–Trinajstić information content (AvgIpc) is 3.08. The molecule has 22 heavy (non-hydrogen) atoms. The standard InChI is InChI=1S/C17H23N3OS/c1-18-17(19-10-9-16-8-5-11-22-16)20-12-15(13-21)14-6-3-2-4-7-14/h2-8,11,15,21H,9-10,12-13H2,1H3,(H2,18,19,20). The molecule has 3 N–H and O–H groups in total. The Kier molecular flexibility index (Phi) is 6.93. The van der Waals surface area contributed by atoms with E-state index in [0.29, 0.717) is 6.54 Å². The Morgan fingerprint density at radius 3 is 2.64 bits per heavy atom. The Morgan fingerprint density at radius 2 is 2.00 bits per heavy atom. The fourth-order valence-corrected chi connectivity index (χ4v) is 2.92. The van der Waals surface area contributed by atoms with Crippen LogP contribution in [0.1, 0.15) is 16.4 Å². The minimum Gasteiger partial charge on any atom is -0.396 e. The van der Waals surface area contributed by atoms with Crippen molar-refractivity contribution in [2.24, 2.45) is 4.99 Å². The molecule has 0 radical (unpaired) electrons. The third kappa shape index (κ3) is 5.16. The van der Waals surface area contributed by atoms with Crippen molar-refractivity contribution in [2.45, 2.75) is 12.3 Å². The van der Waals surface area contributed by atoms with E-state index in [4.69, 9.17) is 0 Å². The zero-order chi connectivity index (χ0) is 15.6. The molecule has 0 saturated heterocycles. The maximum Gasteiger partial charge on any atom is 0.191 e. The van der Waals surface area contributed by atoms with Crippen LogP contribution >= 0.6 is 11.3 Å². The summed E-state index contributed by atoms with van der Waals surface area (Å²) in [6.45, 7) is 1.61. The van der Waals surface area contributed by atoms with Crippen LogP contribution in [0.5, 0.6) is 0 Å². The summed E-state index contributed by atoms with van der Waals surface area (Å²) >= 11 is 1.77. The number of hydrogen-bond donors (Lipinski definition) is 3. The monoisotopic (exact) mass is 317 g/mol. The van der Waals surface area contributed by atoms with E-state index in [2.05, 4.69) is 33.1 Å². The second-order valence-electron chi connectivity index (χ2n) is 5.00. The predicted octanol–water partition coefficient (Wildman–Crippen LogP) is 2.23. The molecule has 0 saturated carbocycles. The fraction of sp³-hybridized carbons (Fsp3) is 0.353. The summed E-state index contributed by atoms with van der Waals surface area (Å²) in [4.78, 5) is 5.58. The molecule has 0 aliphatic carbocycles. The Hall–Kier alpha value is -1.85. The summed E-state index contributed by atoms with van der Waals surface area (Å²) in [7, 11) is 1.76. The topological polar surface area (TPSA) is 56.7 Å². The third-order valence-corrected chi connectivity index (χ3v) is 4.41. The third-order valence-electron chi connectivity index (χ3n) is 3.47. The largest absolute Gasteiger partial charge is 0.396 e. The maximum absolute atomic E-state index is 9.57. The van der Waals surface area contributed by atoms with Gasteiger partial charge < -0.3 is 15.7 Å². The van der Waals surface area contributed by atoms with Gasteiger partial charge in [-0.05, 0) is 23.4 Å². The number of rotatable bonds is 7. The number of guanidine groups is 1. The molecule has 0 spiro atoms. The number of aliphatic imine (C=N–C) groups is 1. The van der Waals surface area contributed by atoms with Crippen molar-refractivity contribution in [1.82, 2.24) is 10.6 Å². The number of hydrogen-bond acceptors (Lipinski definition) is 3. The van der Waals surface area contributed by atoms with E-state index in [1.165, 1.54) is 4.88 Å². The molecule has 5 heteroatoms. The Bertz CT molecular complexity index is 555. The van der Waals surface area contributed by atoms with Crippen LogP contribution in [0.2, 0.25) is 0 Å². The zero-order valence-electron chi connectivity index (χ0n) is 12.8. The molecule has 0 amide bonds. The molecule has 2 rings (SSSR count). The molecular formula is C17H23N3OS. The Morgan fingerprint density at radius 1 is 1.18 bits per heavy atom. The van der Waals surface area contributed by atoms with Crippen molar-refractivity contribution in [3.63, 3.8) is 0 Å². The second-order valence-corrected chi connectivity index (χ2v) is 6.03. The van der Waals surface area contributed by atoms with E-state index >= 15 is 0 Å². The van der Waals surface area contributed by atoms with Gasteiger partial charge in [0.05, 0.1) is 6.61 Å². The van der Waals surface area contributed by atoms with Crippen molar-refractivity contribution in [1.29, 1.82) is 0 Å². The quantitative estimate of drug-likeness (QED) is 0.542. The molecule has 0 aliphatic rings. The summed E-state index contributed by atoms with van der Waals surface area (Å²) in [5.74, 6) is 0.836. The van der Waals surface area contributed by atoms with Gasteiger partial charge in [-0.3, -0.25) is 4.99 Å². The lowest BCUT2D eigenvalue weighted by atomic mass is 10.0. The van der Waals surface area contributed by atoms with Gasteiger partial charge in [-0.2, -0.15) is 0 Å². The number of aliphatic hydroxyl groups excluding tert-OH is 1. The molecular weight excluding hydrogens is 294 g/mol. The predicted molar refractivity (Wildman–Crippen MR) is 93.7 cm³/mol. The first kappa shape index (κ1) is 16.5. The van der Waals surface area contributed by atoms with Crippen molar-refractivity contribution in [3.05, 3.63) is 58.3 Å². The van der Waals surface area contributed by atoms with Gasteiger partial charge in [0.2, 0.25) is 0 Å². The normalized spacial score (nSPS) is 12.9. The minimum absolute atomic E-state index is 0.0667. The van der Waals surface area contributed by atoms with Crippen molar-refractivity contribution < 1.29 is 5.11 Å². The van der Waals surface area contributed by atoms with Crippen LogP contribution in [0, 0.1) is 0 Å². The minimum atomic E-state index is 0.0667. The van der Waals surface area contributed by atoms with E-state index in [9.17, 15) is 5.11 Å². The Balaban J connectivity index is 1.77. The van der Waals surface area contributed by atoms with E-state index in [1.54, 1.807) is 18.4 Å². The second kappa shape index (κ2) is 9.23. The first-order valence-corrected chi connectivity index (χ1v) is 8.34. The molecule has 1 heterocycles. The van der Waals surface area contributed by atoms with Gasteiger partial charge in [-0.25, -0.2) is 0 Å². The number of nitrogens with one attached hydrogen (secondary N) is 2. The van der Waals surface area contributed by atoms with Gasteiger partial charge in [0.1, 0.15) is 0 Å². The summed E-state index contributed by atoms with van der Waals surface area (Å²) < 4.78 is 0. The first-order valence-electron chi connectivity index (χ1n) is 7.46. The van der Waals surface area contributed by atoms with Crippen molar-refractivity contribution >= 4 is 17.3 Å². The lowest BCUT2D eigenvalue weighted by Gasteiger charge is -2.18. The van der Waals surface area contributed by atoms with Crippen LogP contribution in [-0.2, 0) is 6.42 Å². The van der Waals surface area contributed by atoms with Crippen LogP contribution < -0.4 is 10.6 Å². The van der Waals surface area contributed by atoms with E-state index < -0.39 is 0 Å². The van der Waals surface area contributed by atoms with Crippen LogP contribution in [-0.4, -0.2) is 37.8 Å². The van der Waals surface area contributed by atoms with Crippen LogP contribution in [0.15, 0.2) is 52.8 Å². The molecule has 4 nitrogen and oxygen atoms in total. The summed E-state index contributed by atoms with van der Waals surface area (Å²) in [6, 6.07) is 14.2. The number of thiophene rings is 1. The molecule has 0 aliphatic heterocycles. The first-order chi connectivity index (χ1) is 10.8. The summed E-state index contributed by atoms with van der Waals surface area (Å²) in [5, 5.41) is 18.2. The van der Waals surface area contributed by atoms with Crippen molar-refractivity contribution in [2.75, 3.05) is 26.7 Å². The zero-order valence-corrected chi connectivity index (χ0v) is 13.6. The molecule has 1 unspecified atom stereocenters. The van der Waals surface area contributed by atoms with Gasteiger partial charge in [0.15, 0.2) is 5.96 Å². The lowest BCUT2D eigenvalue weighted by molar-refractivity contribution is 0.265. The summed E-state index contributed by atoms with van der Waals surface area (Å²) in [6.07, 6.45) is 0.987. The smallest absolute Gasteiger partial charge is 0.191 e. The number of benzene rings is 1. The number of nitrogens with zero attached hydrogens (tertiary/aromatic N) is 1. The van der Waals surface area contributed by atoms with Crippen LogP contribution in [0.3, 0.4) is 0 Å². The molecule has 1 aromatic heterocycles. The summed E-state index contributed by atoms with van der Waals surface area (Å²) in [5.41, 5.74) is 1.13. The number of aliphatic hydroxyl groups is 1. The van der Waals surface area contributed by atoms with Gasteiger partial charge in [-0.15, -0.1) is 11.3 Å². The van der Waals surface area contributed by atoms with Crippen LogP contribution in [0.4, 0.5) is 0 Å². The highest BCUT2D eigenvalue weighted by Gasteiger charge is 2.10. The molecule has 1 atom stereocenters. The molecule has 0 fully saturated rings. The highest BCUT2D eigenvalue weighted by atomic mass is 32.1. The lowest BCUT2D eigenvalue weighted by Crippen LogP contribution is -2.40. The van der Waals surface area contributed by atoms with Crippen molar-refractivity contribution in [3.8, 4) is 0 Å². The van der Waals surface area contributed by atoms with Gasteiger partial charge in [-0.1, -0.05) is 36.4 Å². The molecule has 118 valence electrons. The van der Waals surface area contributed by atoms with Crippen LogP contribution in [0.25, 0.3) is 0 Å². The average molecular weight is 317 g/mol.